The summed E-state index contributed by atoms with van der Waals surface area (Å²) in [6.45, 7) is 0.425. The summed E-state index contributed by atoms with van der Waals surface area (Å²) in [6.07, 6.45) is 3.49. The van der Waals surface area contributed by atoms with Gasteiger partial charge in [-0.25, -0.2) is 4.68 Å². The van der Waals surface area contributed by atoms with Gasteiger partial charge in [-0.2, -0.15) is 5.10 Å². The van der Waals surface area contributed by atoms with Crippen LogP contribution in [0.25, 0.3) is 5.69 Å². The summed E-state index contributed by atoms with van der Waals surface area (Å²) in [5, 5.41) is 8.22. The van der Waals surface area contributed by atoms with E-state index in [4.69, 9.17) is 23.2 Å². The minimum absolute atomic E-state index is 0.0132. The maximum Gasteiger partial charge on any atom is 0.252 e. The second kappa shape index (κ2) is 8.57. The molecule has 0 aliphatic heterocycles. The van der Waals surface area contributed by atoms with Crippen molar-refractivity contribution in [3.05, 3.63) is 82.1 Å². The lowest BCUT2D eigenvalue weighted by Crippen LogP contribution is -2.34. The van der Waals surface area contributed by atoms with E-state index in [9.17, 15) is 4.79 Å². The summed E-state index contributed by atoms with van der Waals surface area (Å²) < 4.78 is 1.68. The van der Waals surface area contributed by atoms with Crippen LogP contribution < -0.4 is 5.32 Å². The van der Waals surface area contributed by atoms with Gasteiger partial charge in [-0.1, -0.05) is 35.3 Å². The molecule has 5 nitrogen and oxygen atoms in total. The number of hydrogen-bond donors (Lipinski definition) is 1. The van der Waals surface area contributed by atoms with Gasteiger partial charge in [0.15, 0.2) is 0 Å². The first-order valence-corrected chi connectivity index (χ1v) is 9.21. The quantitative estimate of drug-likeness (QED) is 0.671. The highest BCUT2D eigenvalue weighted by molar-refractivity contribution is 6.34. The lowest BCUT2D eigenvalue weighted by atomic mass is 10.1. The molecule has 0 unspecified atom stereocenters. The zero-order valence-corrected chi connectivity index (χ0v) is 16.6. The molecule has 1 atom stereocenters. The van der Waals surface area contributed by atoms with E-state index < -0.39 is 0 Å². The number of amides is 1. The number of nitrogens with one attached hydrogen (secondary N) is 1. The van der Waals surface area contributed by atoms with Crippen LogP contribution in [0.15, 0.2) is 60.9 Å². The summed E-state index contributed by atoms with van der Waals surface area (Å²) in [6, 6.07) is 14.7. The standard InChI is InChI=1S/C20H20Cl2N4O/c1-25(2)19(14-5-3-6-15(21)11-14)13-23-20(27)17-12-16(7-8-18(17)22)26-10-4-9-24-26/h3-12,19H,13H2,1-2H3,(H,23,27)/t19-/m1/s1. The second-order valence-electron chi connectivity index (χ2n) is 6.36. The monoisotopic (exact) mass is 402 g/mol. The number of benzene rings is 2. The van der Waals surface area contributed by atoms with Crippen molar-refractivity contribution in [2.24, 2.45) is 0 Å². The lowest BCUT2D eigenvalue weighted by molar-refractivity contribution is 0.0942. The van der Waals surface area contributed by atoms with Crippen molar-refractivity contribution in [1.82, 2.24) is 20.0 Å². The SMILES string of the molecule is CN(C)[C@H](CNC(=O)c1cc(-n2cccn2)ccc1Cl)c1cccc(Cl)c1. The first-order chi connectivity index (χ1) is 13.0. The molecule has 0 aliphatic carbocycles. The van der Waals surface area contributed by atoms with Crippen molar-refractivity contribution < 1.29 is 4.79 Å². The van der Waals surface area contributed by atoms with Crippen molar-refractivity contribution in [2.45, 2.75) is 6.04 Å². The number of carbonyl (C=O) groups is 1. The van der Waals surface area contributed by atoms with Gasteiger partial charge in [-0.05, 0) is 56.1 Å². The van der Waals surface area contributed by atoms with Crippen LogP contribution in [-0.4, -0.2) is 41.2 Å². The first-order valence-electron chi connectivity index (χ1n) is 8.45. The number of carbonyl (C=O) groups excluding carboxylic acids is 1. The molecule has 0 saturated heterocycles. The number of halogens is 2. The number of rotatable bonds is 6. The summed E-state index contributed by atoms with van der Waals surface area (Å²) in [5.74, 6) is -0.233. The Morgan fingerprint density at radius 3 is 2.67 bits per heavy atom. The first kappa shape index (κ1) is 19.4. The highest BCUT2D eigenvalue weighted by Crippen LogP contribution is 2.22. The van der Waals surface area contributed by atoms with Crippen LogP contribution in [-0.2, 0) is 0 Å². The fourth-order valence-corrected chi connectivity index (χ4v) is 3.25. The van der Waals surface area contributed by atoms with Crippen molar-refractivity contribution in [2.75, 3.05) is 20.6 Å². The molecule has 0 fully saturated rings. The normalized spacial score (nSPS) is 12.2. The van der Waals surface area contributed by atoms with Gasteiger partial charge in [0.05, 0.1) is 22.3 Å². The maximum atomic E-state index is 12.7. The third-order valence-electron chi connectivity index (χ3n) is 4.28. The van der Waals surface area contributed by atoms with E-state index in [-0.39, 0.29) is 11.9 Å². The van der Waals surface area contributed by atoms with Gasteiger partial charge >= 0.3 is 0 Å². The summed E-state index contributed by atoms with van der Waals surface area (Å²) in [4.78, 5) is 14.8. The third kappa shape index (κ3) is 4.69. The molecule has 2 aromatic carbocycles. The zero-order valence-electron chi connectivity index (χ0n) is 15.1. The van der Waals surface area contributed by atoms with Crippen molar-refractivity contribution in [3.8, 4) is 5.69 Å². The molecule has 3 aromatic rings. The van der Waals surface area contributed by atoms with Gasteiger partial charge in [0.1, 0.15) is 0 Å². The van der Waals surface area contributed by atoms with E-state index in [0.717, 1.165) is 11.3 Å². The lowest BCUT2D eigenvalue weighted by Gasteiger charge is -2.25. The van der Waals surface area contributed by atoms with Crippen LogP contribution in [0.1, 0.15) is 22.0 Å². The number of nitrogens with zero attached hydrogens (tertiary/aromatic N) is 3. The van der Waals surface area contributed by atoms with Gasteiger partial charge < -0.3 is 10.2 Å². The Kier molecular flexibility index (Phi) is 6.16. The minimum Gasteiger partial charge on any atom is -0.350 e. The van der Waals surface area contributed by atoms with E-state index in [1.807, 2.05) is 61.6 Å². The molecule has 0 bridgehead atoms. The van der Waals surface area contributed by atoms with Crippen molar-refractivity contribution >= 4 is 29.1 Å². The minimum atomic E-state index is -0.233. The predicted molar refractivity (Wildman–Crippen MR) is 109 cm³/mol. The van der Waals surface area contributed by atoms with E-state index in [1.54, 1.807) is 23.0 Å². The number of hydrogen-bond acceptors (Lipinski definition) is 3. The molecular weight excluding hydrogens is 383 g/mol. The summed E-state index contributed by atoms with van der Waals surface area (Å²) >= 11 is 12.4. The van der Waals surface area contributed by atoms with Crippen LogP contribution >= 0.6 is 23.2 Å². The Morgan fingerprint density at radius 1 is 1.19 bits per heavy atom. The van der Waals surface area contributed by atoms with Crippen LogP contribution in [0, 0.1) is 0 Å². The summed E-state index contributed by atoms with van der Waals surface area (Å²) in [7, 11) is 3.92. The van der Waals surface area contributed by atoms with Crippen LogP contribution in [0.5, 0.6) is 0 Å². The zero-order chi connectivity index (χ0) is 19.4. The molecule has 1 N–H and O–H groups in total. The largest absolute Gasteiger partial charge is 0.350 e. The average molecular weight is 403 g/mol. The Labute approximate surface area is 168 Å². The molecule has 0 spiro atoms. The third-order valence-corrected chi connectivity index (χ3v) is 4.84. The molecular formula is C20H20Cl2N4O. The highest BCUT2D eigenvalue weighted by atomic mass is 35.5. The summed E-state index contributed by atoms with van der Waals surface area (Å²) in [5.41, 5.74) is 2.21. The Hall–Kier alpha value is -2.34. The molecule has 0 saturated carbocycles. The molecule has 1 aromatic heterocycles. The Balaban J connectivity index is 1.77. The number of aromatic nitrogens is 2. The molecule has 3 rings (SSSR count). The molecule has 1 heterocycles. The van der Waals surface area contributed by atoms with E-state index in [0.29, 0.717) is 22.2 Å². The van der Waals surface area contributed by atoms with E-state index >= 15 is 0 Å². The van der Waals surface area contributed by atoms with Gasteiger partial charge in [-0.3, -0.25) is 4.79 Å². The van der Waals surface area contributed by atoms with Crippen molar-refractivity contribution in [3.63, 3.8) is 0 Å². The van der Waals surface area contributed by atoms with Gasteiger partial charge in [0.2, 0.25) is 0 Å². The molecule has 0 aliphatic rings. The molecule has 7 heteroatoms. The molecule has 1 amide bonds. The van der Waals surface area contributed by atoms with Gasteiger partial charge in [-0.15, -0.1) is 0 Å². The topological polar surface area (TPSA) is 50.2 Å². The Morgan fingerprint density at radius 2 is 2.00 bits per heavy atom. The van der Waals surface area contributed by atoms with Crippen LogP contribution in [0.3, 0.4) is 0 Å². The maximum absolute atomic E-state index is 12.7. The van der Waals surface area contributed by atoms with E-state index in [1.165, 1.54) is 0 Å². The predicted octanol–water partition coefficient (Wildman–Crippen LogP) is 4.21. The molecule has 27 heavy (non-hydrogen) atoms. The number of likely N-dealkylation sites (N-methyl/N-ethyl adjacent to an activating group) is 1. The second-order valence-corrected chi connectivity index (χ2v) is 7.20. The smallest absolute Gasteiger partial charge is 0.252 e. The van der Waals surface area contributed by atoms with Gasteiger partial charge in [0, 0.05) is 24.0 Å². The van der Waals surface area contributed by atoms with Crippen LogP contribution in [0.2, 0.25) is 10.0 Å². The van der Waals surface area contributed by atoms with Gasteiger partial charge in [0.25, 0.3) is 5.91 Å². The Bertz CT molecular complexity index is 925. The average Bonchev–Trinajstić information content (AvgIpc) is 3.16. The highest BCUT2D eigenvalue weighted by Gasteiger charge is 2.18. The fourth-order valence-electron chi connectivity index (χ4n) is 2.85. The molecule has 0 radical (unpaired) electrons. The van der Waals surface area contributed by atoms with E-state index in [2.05, 4.69) is 10.4 Å². The molecule has 140 valence electrons. The van der Waals surface area contributed by atoms with Crippen LogP contribution in [0.4, 0.5) is 0 Å². The fraction of sp³-hybridized carbons (Fsp3) is 0.200. The van der Waals surface area contributed by atoms with Crippen molar-refractivity contribution in [1.29, 1.82) is 0 Å².